The van der Waals surface area contributed by atoms with Crippen LogP contribution in [0.1, 0.15) is 18.0 Å². The predicted octanol–water partition coefficient (Wildman–Crippen LogP) is 4.09. The molecular weight excluding hydrogens is 365 g/mol. The summed E-state index contributed by atoms with van der Waals surface area (Å²) >= 11 is 0. The number of benzene rings is 1. The Morgan fingerprint density at radius 1 is 1.12 bits per heavy atom. The summed E-state index contributed by atoms with van der Waals surface area (Å²) in [5.74, 6) is 0. The third kappa shape index (κ3) is 3.85. The molecule has 2 aromatic rings. The number of sulfonamides is 1. The zero-order valence-electron chi connectivity index (χ0n) is 13.9. The van der Waals surface area contributed by atoms with E-state index in [1.54, 1.807) is 41.2 Å². The van der Waals surface area contributed by atoms with Gasteiger partial charge in [0, 0.05) is 18.1 Å². The van der Waals surface area contributed by atoms with Crippen LogP contribution in [0.3, 0.4) is 0 Å². The number of hydrogen-bond acceptors (Lipinski definition) is 2. The summed E-state index contributed by atoms with van der Waals surface area (Å²) in [5, 5.41) is 0. The fourth-order valence-electron chi connectivity index (χ4n) is 2.75. The molecule has 3 rings (SSSR count). The molecule has 0 saturated heterocycles. The van der Waals surface area contributed by atoms with Crippen LogP contribution in [-0.4, -0.2) is 19.2 Å². The molecule has 0 radical (unpaired) electrons. The topological polar surface area (TPSA) is 51.1 Å². The lowest BCUT2D eigenvalue weighted by molar-refractivity contribution is -0.0888. The average Bonchev–Trinajstić information content (AvgIpc) is 3.08. The van der Waals surface area contributed by atoms with Gasteiger partial charge in [-0.2, -0.15) is 13.2 Å². The van der Waals surface area contributed by atoms with E-state index in [2.05, 4.69) is 4.72 Å². The Hall–Kier alpha value is -2.48. The third-order valence-electron chi connectivity index (χ3n) is 4.13. The minimum atomic E-state index is -4.54. The Morgan fingerprint density at radius 3 is 2.31 bits per heavy atom. The number of alkyl halides is 3. The number of allylic oxidation sites excluding steroid dienone is 4. The van der Waals surface area contributed by atoms with Crippen molar-refractivity contribution in [2.45, 2.75) is 30.5 Å². The van der Waals surface area contributed by atoms with Crippen molar-refractivity contribution in [3.8, 4) is 0 Å². The molecule has 1 aromatic heterocycles. The Balaban J connectivity index is 1.97. The van der Waals surface area contributed by atoms with E-state index in [-0.39, 0.29) is 17.0 Å². The van der Waals surface area contributed by atoms with Crippen LogP contribution >= 0.6 is 0 Å². The smallest absolute Gasteiger partial charge is 0.345 e. The van der Waals surface area contributed by atoms with Gasteiger partial charge >= 0.3 is 6.18 Å². The molecule has 0 spiro atoms. The fourth-order valence-corrected chi connectivity index (χ4v) is 3.87. The summed E-state index contributed by atoms with van der Waals surface area (Å²) in [4.78, 5) is -0.00151. The van der Waals surface area contributed by atoms with Gasteiger partial charge in [-0.3, -0.25) is 4.72 Å². The van der Waals surface area contributed by atoms with Gasteiger partial charge in [-0.05, 0) is 43.7 Å². The highest BCUT2D eigenvalue weighted by molar-refractivity contribution is 7.89. The fraction of sp³-hybridized carbons (Fsp3) is 0.222. The number of aromatic nitrogens is 1. The first kappa shape index (κ1) is 18.3. The molecule has 0 aliphatic heterocycles. The first-order valence-corrected chi connectivity index (χ1v) is 9.36. The van der Waals surface area contributed by atoms with E-state index in [1.807, 2.05) is 6.92 Å². The number of nitrogens with one attached hydrogen (secondary N) is 1. The van der Waals surface area contributed by atoms with Gasteiger partial charge in [-0.25, -0.2) is 8.42 Å². The van der Waals surface area contributed by atoms with E-state index in [9.17, 15) is 21.6 Å². The molecule has 1 unspecified atom stereocenters. The molecule has 26 heavy (non-hydrogen) atoms. The number of halogens is 3. The Labute approximate surface area is 149 Å². The zero-order valence-corrected chi connectivity index (χ0v) is 14.7. The van der Waals surface area contributed by atoms with Gasteiger partial charge in [0.05, 0.1) is 16.5 Å². The largest absolute Gasteiger partial charge is 0.416 e. The molecule has 1 aliphatic carbocycles. The molecular formula is C18H17F3N2O2S. The second kappa shape index (κ2) is 6.68. The zero-order chi connectivity index (χ0) is 18.9. The van der Waals surface area contributed by atoms with Crippen LogP contribution in [-0.2, 0) is 10.0 Å². The average molecular weight is 382 g/mol. The minimum absolute atomic E-state index is 0.00151. The third-order valence-corrected chi connectivity index (χ3v) is 5.53. The van der Waals surface area contributed by atoms with Crippen molar-refractivity contribution in [3.05, 3.63) is 77.8 Å². The second-order valence-electron chi connectivity index (χ2n) is 6.06. The molecule has 8 heteroatoms. The Kier molecular flexibility index (Phi) is 4.70. The maximum Gasteiger partial charge on any atom is 0.416 e. The van der Waals surface area contributed by atoms with Gasteiger partial charge in [0.25, 0.3) is 10.0 Å². The van der Waals surface area contributed by atoms with E-state index < -0.39 is 27.8 Å². The SMILES string of the molecule is Cc1ccc(S(=O)(=O)NC2=CC(C(F)(F)F)=CCC2n2cccc2)cc1. The molecule has 1 aliphatic rings. The van der Waals surface area contributed by atoms with Crippen LogP contribution in [0, 0.1) is 6.92 Å². The van der Waals surface area contributed by atoms with Crippen molar-refractivity contribution in [2.24, 2.45) is 0 Å². The minimum Gasteiger partial charge on any atom is -0.345 e. The maximum absolute atomic E-state index is 13.1. The van der Waals surface area contributed by atoms with Crippen molar-refractivity contribution >= 4 is 10.0 Å². The molecule has 1 atom stereocenters. The van der Waals surface area contributed by atoms with Crippen molar-refractivity contribution in [2.75, 3.05) is 0 Å². The van der Waals surface area contributed by atoms with Gasteiger partial charge in [0.15, 0.2) is 0 Å². The first-order chi connectivity index (χ1) is 12.2. The quantitative estimate of drug-likeness (QED) is 0.866. The molecule has 1 aromatic carbocycles. The van der Waals surface area contributed by atoms with Crippen molar-refractivity contribution in [3.63, 3.8) is 0 Å². The van der Waals surface area contributed by atoms with E-state index in [4.69, 9.17) is 0 Å². The van der Waals surface area contributed by atoms with E-state index >= 15 is 0 Å². The summed E-state index contributed by atoms with van der Waals surface area (Å²) < 4.78 is 68.5. The normalized spacial score (nSPS) is 18.2. The lowest BCUT2D eigenvalue weighted by atomic mass is 9.99. The van der Waals surface area contributed by atoms with Gasteiger partial charge in [-0.15, -0.1) is 0 Å². The number of nitrogens with zero attached hydrogens (tertiary/aromatic N) is 1. The van der Waals surface area contributed by atoms with E-state index in [0.717, 1.165) is 17.7 Å². The molecule has 4 nitrogen and oxygen atoms in total. The van der Waals surface area contributed by atoms with Gasteiger partial charge < -0.3 is 4.57 Å². The van der Waals surface area contributed by atoms with Crippen molar-refractivity contribution in [1.29, 1.82) is 0 Å². The van der Waals surface area contributed by atoms with Crippen LogP contribution in [0.25, 0.3) is 0 Å². The lowest BCUT2D eigenvalue weighted by Gasteiger charge is -2.27. The molecule has 0 amide bonds. The molecule has 0 saturated carbocycles. The summed E-state index contributed by atoms with van der Waals surface area (Å²) in [5.41, 5.74) is 0.00690. The van der Waals surface area contributed by atoms with E-state index in [0.29, 0.717) is 0 Å². The molecule has 138 valence electrons. The number of hydrogen-bond donors (Lipinski definition) is 1. The van der Waals surface area contributed by atoms with Gasteiger partial charge in [0.1, 0.15) is 0 Å². The monoisotopic (exact) mass is 382 g/mol. The maximum atomic E-state index is 13.1. The highest BCUT2D eigenvalue weighted by Gasteiger charge is 2.36. The lowest BCUT2D eigenvalue weighted by Crippen LogP contribution is -2.31. The van der Waals surface area contributed by atoms with Crippen LogP contribution in [0.15, 0.2) is 77.1 Å². The second-order valence-corrected chi connectivity index (χ2v) is 7.74. The molecule has 0 fully saturated rings. The molecule has 0 bridgehead atoms. The number of rotatable bonds is 4. The molecule has 1 N–H and O–H groups in total. The van der Waals surface area contributed by atoms with Gasteiger partial charge in [0.2, 0.25) is 0 Å². The van der Waals surface area contributed by atoms with Crippen molar-refractivity contribution < 1.29 is 21.6 Å². The first-order valence-electron chi connectivity index (χ1n) is 7.88. The molecule has 1 heterocycles. The van der Waals surface area contributed by atoms with Crippen LogP contribution < -0.4 is 4.72 Å². The predicted molar refractivity (Wildman–Crippen MR) is 91.8 cm³/mol. The van der Waals surface area contributed by atoms with E-state index in [1.165, 1.54) is 12.1 Å². The van der Waals surface area contributed by atoms with Crippen LogP contribution in [0.2, 0.25) is 0 Å². The van der Waals surface area contributed by atoms with Crippen LogP contribution in [0.4, 0.5) is 13.2 Å². The summed E-state index contributed by atoms with van der Waals surface area (Å²) in [6.07, 6.45) is 0.804. The summed E-state index contributed by atoms with van der Waals surface area (Å²) in [6, 6.07) is 9.02. The summed E-state index contributed by atoms with van der Waals surface area (Å²) in [7, 11) is -4.00. The van der Waals surface area contributed by atoms with Crippen LogP contribution in [0.5, 0.6) is 0 Å². The summed E-state index contributed by atoms with van der Waals surface area (Å²) in [6.45, 7) is 1.82. The Morgan fingerprint density at radius 2 is 1.73 bits per heavy atom. The highest BCUT2D eigenvalue weighted by Crippen LogP contribution is 2.35. The van der Waals surface area contributed by atoms with Crippen molar-refractivity contribution in [1.82, 2.24) is 9.29 Å². The number of aryl methyl sites for hydroxylation is 1. The highest BCUT2D eigenvalue weighted by atomic mass is 32.2. The standard InChI is InChI=1S/C18H17F3N2O2S/c1-13-4-7-15(8-5-13)26(24,25)22-16-12-14(18(19,20)21)6-9-17(16)23-10-2-3-11-23/h2-8,10-12,17,22H,9H2,1H3. The Bertz CT molecular complexity index is 941. The van der Waals surface area contributed by atoms with Gasteiger partial charge in [-0.1, -0.05) is 23.8 Å².